The van der Waals surface area contributed by atoms with Gasteiger partial charge in [-0.25, -0.2) is 0 Å². The number of aromatic nitrogens is 1. The van der Waals surface area contributed by atoms with E-state index in [-0.39, 0.29) is 5.91 Å². The maximum absolute atomic E-state index is 12.9. The van der Waals surface area contributed by atoms with Crippen LogP contribution >= 0.6 is 0 Å². The minimum atomic E-state index is -0.0886. The Hall–Kier alpha value is -3.14. The van der Waals surface area contributed by atoms with E-state index in [2.05, 4.69) is 21.8 Å². The van der Waals surface area contributed by atoms with E-state index in [4.69, 9.17) is 0 Å². The Kier molecular flexibility index (Phi) is 3.53. The molecule has 25 heavy (non-hydrogen) atoms. The van der Waals surface area contributed by atoms with Crippen LogP contribution in [0.4, 0.5) is 5.69 Å². The van der Waals surface area contributed by atoms with E-state index in [1.54, 1.807) is 0 Å². The molecule has 0 atom stereocenters. The maximum atomic E-state index is 12.9. The van der Waals surface area contributed by atoms with Gasteiger partial charge in [0.2, 0.25) is 0 Å². The minimum Gasteiger partial charge on any atom is -0.350 e. The van der Waals surface area contributed by atoms with Crippen LogP contribution in [0.25, 0.3) is 17.0 Å². The number of aryl methyl sites for hydroxylation is 2. The Morgan fingerprint density at radius 2 is 1.72 bits per heavy atom. The average Bonchev–Trinajstić information content (AvgIpc) is 3.08. The molecule has 3 aromatic rings. The molecule has 4 heteroatoms. The van der Waals surface area contributed by atoms with Crippen LogP contribution in [0.15, 0.2) is 65.4 Å². The van der Waals surface area contributed by atoms with Gasteiger partial charge in [-0.2, -0.15) is 10.1 Å². The summed E-state index contributed by atoms with van der Waals surface area (Å²) in [7, 11) is 2.01. The van der Waals surface area contributed by atoms with Crippen LogP contribution in [-0.4, -0.2) is 16.2 Å². The quantitative estimate of drug-likeness (QED) is 0.646. The summed E-state index contributed by atoms with van der Waals surface area (Å²) < 4.78 is 2.07. The average molecular weight is 329 g/mol. The fourth-order valence-electron chi connectivity index (χ4n) is 3.19. The summed E-state index contributed by atoms with van der Waals surface area (Å²) in [6.45, 7) is 3.90. The topological polar surface area (TPSA) is 37.6 Å². The fraction of sp³-hybridized carbons (Fsp3) is 0.143. The third kappa shape index (κ3) is 2.56. The van der Waals surface area contributed by atoms with E-state index in [1.807, 2.05) is 69.6 Å². The van der Waals surface area contributed by atoms with Gasteiger partial charge in [0.05, 0.1) is 17.0 Å². The van der Waals surface area contributed by atoms with Crippen LogP contribution in [-0.2, 0) is 11.8 Å². The highest BCUT2D eigenvalue weighted by Gasteiger charge is 2.28. The lowest BCUT2D eigenvalue weighted by Crippen LogP contribution is -2.21. The number of carbonyl (C=O) groups is 1. The van der Waals surface area contributed by atoms with E-state index in [1.165, 1.54) is 5.01 Å². The van der Waals surface area contributed by atoms with Crippen molar-refractivity contribution in [2.45, 2.75) is 13.8 Å². The number of carbonyl (C=O) groups excluding carboxylic acids is 1. The lowest BCUT2D eigenvalue weighted by atomic mass is 10.1. The first kappa shape index (κ1) is 15.4. The van der Waals surface area contributed by atoms with Crippen LogP contribution in [0.1, 0.15) is 18.1 Å². The fourth-order valence-corrected chi connectivity index (χ4v) is 3.19. The Labute approximate surface area is 146 Å². The highest BCUT2D eigenvalue weighted by atomic mass is 16.2. The van der Waals surface area contributed by atoms with Crippen LogP contribution in [0.3, 0.4) is 0 Å². The predicted molar refractivity (Wildman–Crippen MR) is 103 cm³/mol. The van der Waals surface area contributed by atoms with Gasteiger partial charge in [0, 0.05) is 29.7 Å². The number of rotatable bonds is 2. The minimum absolute atomic E-state index is 0.0886. The third-order valence-electron chi connectivity index (χ3n) is 4.57. The molecule has 1 aliphatic rings. The van der Waals surface area contributed by atoms with Gasteiger partial charge >= 0.3 is 0 Å². The lowest BCUT2D eigenvalue weighted by Gasteiger charge is -2.11. The molecule has 0 fully saturated rings. The number of anilines is 1. The molecule has 4 nitrogen and oxygen atoms in total. The van der Waals surface area contributed by atoms with E-state index in [9.17, 15) is 4.79 Å². The molecule has 0 aliphatic carbocycles. The van der Waals surface area contributed by atoms with Gasteiger partial charge in [0.1, 0.15) is 0 Å². The van der Waals surface area contributed by atoms with Crippen molar-refractivity contribution in [3.63, 3.8) is 0 Å². The summed E-state index contributed by atoms with van der Waals surface area (Å²) in [5.74, 6) is -0.0886. The number of amides is 1. The Morgan fingerprint density at radius 1 is 1.00 bits per heavy atom. The Morgan fingerprint density at radius 3 is 2.48 bits per heavy atom. The smallest absolute Gasteiger partial charge is 0.280 e. The predicted octanol–water partition coefficient (Wildman–Crippen LogP) is 4.29. The standard InChI is InChI=1S/C21H19N3O/c1-14-8-10-17(11-9-14)24-21(25)19(15(2)22-24)12-16-13-23(3)20-7-5-4-6-18(16)20/h4-13H,1-3H3/b19-12-. The van der Waals surface area contributed by atoms with Crippen molar-refractivity contribution >= 4 is 34.3 Å². The largest absolute Gasteiger partial charge is 0.350 e. The Balaban J connectivity index is 1.76. The second-order valence-electron chi connectivity index (χ2n) is 6.41. The summed E-state index contributed by atoms with van der Waals surface area (Å²) in [5.41, 5.74) is 5.49. The number of para-hydroxylation sites is 1. The van der Waals surface area contributed by atoms with Crippen molar-refractivity contribution in [1.29, 1.82) is 0 Å². The van der Waals surface area contributed by atoms with Gasteiger partial charge in [0.25, 0.3) is 5.91 Å². The molecule has 2 aromatic carbocycles. The molecule has 1 aliphatic heterocycles. The first-order valence-corrected chi connectivity index (χ1v) is 8.27. The van der Waals surface area contributed by atoms with E-state index in [0.717, 1.165) is 33.4 Å². The van der Waals surface area contributed by atoms with Crippen LogP contribution in [0.5, 0.6) is 0 Å². The molecule has 0 unspecified atom stereocenters. The van der Waals surface area contributed by atoms with Crippen molar-refractivity contribution in [2.24, 2.45) is 12.1 Å². The second kappa shape index (κ2) is 5.74. The number of nitrogens with zero attached hydrogens (tertiary/aromatic N) is 3. The number of hydrogen-bond acceptors (Lipinski definition) is 2. The van der Waals surface area contributed by atoms with Gasteiger partial charge < -0.3 is 4.57 Å². The number of hydrogen-bond donors (Lipinski definition) is 0. The summed E-state index contributed by atoms with van der Waals surface area (Å²) >= 11 is 0. The summed E-state index contributed by atoms with van der Waals surface area (Å²) in [5, 5.41) is 7.07. The zero-order valence-electron chi connectivity index (χ0n) is 14.5. The molecule has 2 heterocycles. The molecule has 0 saturated carbocycles. The van der Waals surface area contributed by atoms with Gasteiger partial charge in [-0.05, 0) is 38.1 Å². The lowest BCUT2D eigenvalue weighted by molar-refractivity contribution is -0.114. The van der Waals surface area contributed by atoms with Crippen molar-refractivity contribution in [2.75, 3.05) is 5.01 Å². The summed E-state index contributed by atoms with van der Waals surface area (Å²) in [4.78, 5) is 12.9. The molecule has 0 radical (unpaired) electrons. The van der Waals surface area contributed by atoms with Gasteiger partial charge in [-0.15, -0.1) is 0 Å². The first-order valence-electron chi connectivity index (χ1n) is 8.27. The van der Waals surface area contributed by atoms with Crippen LogP contribution in [0.2, 0.25) is 0 Å². The van der Waals surface area contributed by atoms with Crippen molar-refractivity contribution in [1.82, 2.24) is 4.57 Å². The molecule has 1 amide bonds. The van der Waals surface area contributed by atoms with Gasteiger partial charge in [-0.1, -0.05) is 35.9 Å². The van der Waals surface area contributed by atoms with Crippen molar-refractivity contribution in [3.05, 3.63) is 71.4 Å². The normalized spacial score (nSPS) is 16.1. The molecule has 124 valence electrons. The molecular formula is C21H19N3O. The molecule has 0 N–H and O–H groups in total. The van der Waals surface area contributed by atoms with Gasteiger partial charge in [0.15, 0.2) is 0 Å². The molecule has 0 saturated heterocycles. The zero-order chi connectivity index (χ0) is 17.6. The zero-order valence-corrected chi connectivity index (χ0v) is 14.5. The van der Waals surface area contributed by atoms with E-state index in [0.29, 0.717) is 5.57 Å². The van der Waals surface area contributed by atoms with E-state index >= 15 is 0 Å². The first-order chi connectivity index (χ1) is 12.0. The molecule has 0 spiro atoms. The highest BCUT2D eigenvalue weighted by molar-refractivity contribution is 6.32. The van der Waals surface area contributed by atoms with Crippen LogP contribution < -0.4 is 5.01 Å². The molecular weight excluding hydrogens is 310 g/mol. The van der Waals surface area contributed by atoms with Gasteiger partial charge in [-0.3, -0.25) is 4.79 Å². The summed E-state index contributed by atoms with van der Waals surface area (Å²) in [6.07, 6.45) is 3.99. The third-order valence-corrected chi connectivity index (χ3v) is 4.57. The molecule has 1 aromatic heterocycles. The highest BCUT2D eigenvalue weighted by Crippen LogP contribution is 2.28. The van der Waals surface area contributed by atoms with E-state index < -0.39 is 0 Å². The number of benzene rings is 2. The van der Waals surface area contributed by atoms with Crippen molar-refractivity contribution < 1.29 is 4.79 Å². The number of hydrazone groups is 1. The molecule has 4 rings (SSSR count). The monoisotopic (exact) mass is 329 g/mol. The second-order valence-corrected chi connectivity index (χ2v) is 6.41. The summed E-state index contributed by atoms with van der Waals surface area (Å²) in [6, 6.07) is 16.0. The Bertz CT molecular complexity index is 1040. The van der Waals surface area contributed by atoms with Crippen LogP contribution in [0, 0.1) is 6.92 Å². The maximum Gasteiger partial charge on any atom is 0.280 e. The molecule has 0 bridgehead atoms. The number of fused-ring (bicyclic) bond motifs is 1. The SMILES string of the molecule is CC1=NN(c2ccc(C)cc2)C(=O)/C1=C\c1cn(C)c2ccccc12. The van der Waals surface area contributed by atoms with Crippen molar-refractivity contribution in [3.8, 4) is 0 Å².